The topological polar surface area (TPSA) is 35.5 Å². The molecule has 0 aromatic heterocycles. The average molecular weight is 214 g/mol. The summed E-state index contributed by atoms with van der Waals surface area (Å²) in [6.07, 6.45) is 0.748. The smallest absolute Gasteiger partial charge is 0.335 e. The third-order valence-electron chi connectivity index (χ3n) is 3.88. The van der Waals surface area contributed by atoms with Crippen LogP contribution in [0.1, 0.15) is 34.1 Å². The molecule has 0 aromatic rings. The van der Waals surface area contributed by atoms with Crippen molar-refractivity contribution in [2.45, 2.75) is 46.3 Å². The van der Waals surface area contributed by atoms with Gasteiger partial charge in [-0.25, -0.2) is 4.79 Å². The lowest BCUT2D eigenvalue weighted by Gasteiger charge is -2.42. The second kappa shape index (κ2) is 4.97. The van der Waals surface area contributed by atoms with Crippen LogP contribution in [0.15, 0.2) is 0 Å². The van der Waals surface area contributed by atoms with E-state index in [9.17, 15) is 4.79 Å². The second-order valence-corrected chi connectivity index (χ2v) is 4.60. The molecule has 5 atom stereocenters. The Morgan fingerprint density at radius 3 is 2.27 bits per heavy atom. The van der Waals surface area contributed by atoms with Crippen LogP contribution in [0.2, 0.25) is 0 Å². The van der Waals surface area contributed by atoms with Crippen molar-refractivity contribution >= 4 is 5.97 Å². The number of rotatable bonds is 2. The normalized spacial score (nSPS) is 41.3. The fraction of sp³-hybridized carbons (Fsp3) is 0.917. The van der Waals surface area contributed by atoms with Gasteiger partial charge in [0.25, 0.3) is 0 Å². The molecule has 88 valence electrons. The van der Waals surface area contributed by atoms with Crippen molar-refractivity contribution in [1.82, 2.24) is 0 Å². The number of hydrogen-bond donors (Lipinski definition) is 0. The van der Waals surface area contributed by atoms with E-state index in [-0.39, 0.29) is 24.1 Å². The van der Waals surface area contributed by atoms with Crippen LogP contribution in [-0.4, -0.2) is 25.3 Å². The minimum Gasteiger partial charge on any atom is -0.467 e. The van der Waals surface area contributed by atoms with Gasteiger partial charge in [-0.1, -0.05) is 27.7 Å². The van der Waals surface area contributed by atoms with Gasteiger partial charge in [-0.15, -0.1) is 0 Å². The van der Waals surface area contributed by atoms with Gasteiger partial charge >= 0.3 is 5.97 Å². The van der Waals surface area contributed by atoms with Gasteiger partial charge < -0.3 is 9.47 Å². The molecular weight excluding hydrogens is 192 g/mol. The van der Waals surface area contributed by atoms with Gasteiger partial charge in [0.2, 0.25) is 0 Å². The van der Waals surface area contributed by atoms with Crippen molar-refractivity contribution in [3.8, 4) is 0 Å². The van der Waals surface area contributed by atoms with E-state index in [4.69, 9.17) is 9.47 Å². The fourth-order valence-electron chi connectivity index (χ4n) is 2.38. The van der Waals surface area contributed by atoms with Crippen LogP contribution < -0.4 is 0 Å². The minimum atomic E-state index is -0.383. The van der Waals surface area contributed by atoms with Crippen molar-refractivity contribution in [2.24, 2.45) is 17.8 Å². The molecule has 0 N–H and O–H groups in total. The maximum atomic E-state index is 11.5. The fourth-order valence-corrected chi connectivity index (χ4v) is 2.38. The van der Waals surface area contributed by atoms with Gasteiger partial charge in [0, 0.05) is 0 Å². The van der Waals surface area contributed by atoms with Gasteiger partial charge in [-0.05, 0) is 24.2 Å². The zero-order valence-electron chi connectivity index (χ0n) is 10.3. The number of ether oxygens (including phenoxy) is 2. The van der Waals surface area contributed by atoms with Crippen molar-refractivity contribution in [1.29, 1.82) is 0 Å². The SMILES string of the molecule is CCC1OC(C(=O)OC)C(C)C(C)C1C. The Kier molecular flexibility index (Phi) is 4.14. The van der Waals surface area contributed by atoms with Crippen LogP contribution >= 0.6 is 0 Å². The van der Waals surface area contributed by atoms with Crippen LogP contribution in [0.5, 0.6) is 0 Å². The highest BCUT2D eigenvalue weighted by Crippen LogP contribution is 2.36. The molecule has 15 heavy (non-hydrogen) atoms. The highest BCUT2D eigenvalue weighted by molar-refractivity contribution is 5.75. The lowest BCUT2D eigenvalue weighted by molar-refractivity contribution is -0.182. The van der Waals surface area contributed by atoms with E-state index in [1.165, 1.54) is 7.11 Å². The van der Waals surface area contributed by atoms with E-state index in [1.54, 1.807) is 0 Å². The Hall–Kier alpha value is -0.570. The molecule has 0 radical (unpaired) electrons. The number of esters is 1. The van der Waals surface area contributed by atoms with Crippen LogP contribution in [0.25, 0.3) is 0 Å². The maximum absolute atomic E-state index is 11.5. The van der Waals surface area contributed by atoms with Gasteiger partial charge in [0.15, 0.2) is 6.10 Å². The van der Waals surface area contributed by atoms with Gasteiger partial charge in [0.1, 0.15) is 0 Å². The van der Waals surface area contributed by atoms with E-state index in [0.29, 0.717) is 11.8 Å². The molecule has 3 nitrogen and oxygen atoms in total. The molecule has 0 spiro atoms. The molecule has 1 aliphatic rings. The first-order chi connectivity index (χ1) is 7.02. The van der Waals surface area contributed by atoms with Crippen LogP contribution in [0, 0.1) is 17.8 Å². The summed E-state index contributed by atoms with van der Waals surface area (Å²) >= 11 is 0. The Labute approximate surface area is 92.1 Å². The molecule has 0 aliphatic carbocycles. The molecule has 1 aliphatic heterocycles. The summed E-state index contributed by atoms with van der Waals surface area (Å²) in [5, 5.41) is 0. The molecule has 1 saturated heterocycles. The summed E-state index contributed by atoms with van der Waals surface area (Å²) in [6, 6.07) is 0. The van der Waals surface area contributed by atoms with Crippen molar-refractivity contribution in [3.63, 3.8) is 0 Å². The predicted molar refractivity (Wildman–Crippen MR) is 58.5 cm³/mol. The van der Waals surface area contributed by atoms with Gasteiger partial charge in [-0.2, -0.15) is 0 Å². The zero-order valence-corrected chi connectivity index (χ0v) is 10.3. The van der Waals surface area contributed by atoms with Gasteiger partial charge in [0.05, 0.1) is 13.2 Å². The molecule has 0 amide bonds. The monoisotopic (exact) mass is 214 g/mol. The van der Waals surface area contributed by atoms with E-state index in [1.807, 2.05) is 0 Å². The van der Waals surface area contributed by atoms with E-state index in [0.717, 1.165) is 6.42 Å². The summed E-state index contributed by atoms with van der Waals surface area (Å²) in [5.74, 6) is 0.994. The largest absolute Gasteiger partial charge is 0.467 e. The third-order valence-corrected chi connectivity index (χ3v) is 3.88. The first-order valence-electron chi connectivity index (χ1n) is 5.76. The molecule has 1 fully saturated rings. The van der Waals surface area contributed by atoms with E-state index < -0.39 is 0 Å². The van der Waals surface area contributed by atoms with Crippen LogP contribution in [0.3, 0.4) is 0 Å². The second-order valence-electron chi connectivity index (χ2n) is 4.60. The zero-order chi connectivity index (χ0) is 11.6. The average Bonchev–Trinajstić information content (AvgIpc) is 2.25. The predicted octanol–water partition coefficient (Wildman–Crippen LogP) is 2.25. The quantitative estimate of drug-likeness (QED) is 0.661. The summed E-state index contributed by atoms with van der Waals surface area (Å²) in [5.41, 5.74) is 0. The summed E-state index contributed by atoms with van der Waals surface area (Å²) in [4.78, 5) is 11.5. The van der Waals surface area contributed by atoms with Gasteiger partial charge in [-0.3, -0.25) is 0 Å². The molecule has 0 bridgehead atoms. The molecule has 0 aromatic carbocycles. The van der Waals surface area contributed by atoms with E-state index in [2.05, 4.69) is 27.7 Å². The minimum absolute atomic E-state index is 0.181. The Morgan fingerprint density at radius 1 is 1.20 bits per heavy atom. The highest BCUT2D eigenvalue weighted by Gasteiger charge is 2.41. The Bertz CT molecular complexity index is 225. The molecule has 1 heterocycles. The first kappa shape index (κ1) is 12.5. The van der Waals surface area contributed by atoms with Crippen molar-refractivity contribution in [2.75, 3.05) is 7.11 Å². The number of hydrogen-bond acceptors (Lipinski definition) is 3. The molecule has 1 rings (SSSR count). The Balaban J connectivity index is 2.78. The summed E-state index contributed by atoms with van der Waals surface area (Å²) < 4.78 is 10.6. The van der Waals surface area contributed by atoms with Crippen LogP contribution in [-0.2, 0) is 14.3 Å². The maximum Gasteiger partial charge on any atom is 0.335 e. The number of carbonyl (C=O) groups is 1. The summed E-state index contributed by atoms with van der Waals surface area (Å²) in [7, 11) is 1.42. The molecule has 5 unspecified atom stereocenters. The third kappa shape index (κ3) is 2.33. The lowest BCUT2D eigenvalue weighted by Crippen LogP contribution is -2.48. The lowest BCUT2D eigenvalue weighted by atomic mass is 9.76. The van der Waals surface area contributed by atoms with Crippen LogP contribution in [0.4, 0.5) is 0 Å². The standard InChI is InChI=1S/C12H22O3/c1-6-10-8(3)7(2)9(4)11(15-10)12(13)14-5/h7-11H,6H2,1-5H3. The first-order valence-corrected chi connectivity index (χ1v) is 5.76. The summed E-state index contributed by atoms with van der Waals surface area (Å²) in [6.45, 7) is 8.55. The number of carbonyl (C=O) groups excluding carboxylic acids is 1. The Morgan fingerprint density at radius 2 is 1.80 bits per heavy atom. The molecular formula is C12H22O3. The molecule has 3 heteroatoms. The number of methoxy groups -OCH3 is 1. The van der Waals surface area contributed by atoms with Crippen molar-refractivity contribution in [3.05, 3.63) is 0 Å². The van der Waals surface area contributed by atoms with Crippen molar-refractivity contribution < 1.29 is 14.3 Å². The van der Waals surface area contributed by atoms with E-state index >= 15 is 0 Å². The highest BCUT2D eigenvalue weighted by atomic mass is 16.6. The molecule has 0 saturated carbocycles.